The lowest BCUT2D eigenvalue weighted by Gasteiger charge is -2.34. The van der Waals surface area contributed by atoms with Crippen LogP contribution < -0.4 is 21.3 Å². The van der Waals surface area contributed by atoms with Crippen LogP contribution in [-0.4, -0.2) is 80.1 Å². The van der Waals surface area contributed by atoms with E-state index in [0.29, 0.717) is 11.8 Å². The van der Waals surface area contributed by atoms with Crippen LogP contribution in [0.25, 0.3) is 0 Å². The van der Waals surface area contributed by atoms with Crippen LogP contribution in [0.5, 0.6) is 0 Å². The minimum atomic E-state index is -1.17. The Balaban J connectivity index is 1.61. The number of rotatable bonds is 12. The first-order valence-electron chi connectivity index (χ1n) is 13.3. The molecule has 6 N–H and O–H groups in total. The summed E-state index contributed by atoms with van der Waals surface area (Å²) in [5, 5.41) is 28.3. The van der Waals surface area contributed by atoms with Gasteiger partial charge in [0, 0.05) is 37.4 Å². The normalized spacial score (nSPS) is 24.5. The number of aliphatic carboxylic acids is 2. The molecule has 14 heteroatoms. The Morgan fingerprint density at radius 1 is 0.641 bits per heavy atom. The topological polar surface area (TPSA) is 191 Å². The summed E-state index contributed by atoms with van der Waals surface area (Å²) in [6.07, 6.45) is 8.72. The SMILES string of the molecule is CC(=O)N[C@@H](CSC(=O)NC1CCC(CC2CCC(NC(=O)SC[C@H](NC(C)=O)C(=O)O)CC2)CC1)C(=O)O. The largest absolute Gasteiger partial charge is 0.480 e. The van der Waals surface area contributed by atoms with Gasteiger partial charge in [0.1, 0.15) is 12.1 Å². The van der Waals surface area contributed by atoms with E-state index in [2.05, 4.69) is 21.3 Å². The fourth-order valence-corrected chi connectivity index (χ4v) is 6.72. The second kappa shape index (κ2) is 16.6. The molecule has 0 aliphatic heterocycles. The summed E-state index contributed by atoms with van der Waals surface area (Å²) >= 11 is 1.74. The maximum Gasteiger partial charge on any atom is 0.327 e. The van der Waals surface area contributed by atoms with Gasteiger partial charge in [-0.05, 0) is 69.6 Å². The van der Waals surface area contributed by atoms with E-state index in [9.17, 15) is 28.8 Å². The maximum absolute atomic E-state index is 12.2. The van der Waals surface area contributed by atoms with Crippen molar-refractivity contribution in [3.63, 3.8) is 0 Å². The van der Waals surface area contributed by atoms with Gasteiger partial charge in [-0.25, -0.2) is 9.59 Å². The van der Waals surface area contributed by atoms with E-state index in [1.807, 2.05) is 0 Å². The standard InChI is InChI=1S/C25H40N4O8S2/c1-14(30)26-20(22(32)33)12-38-24(36)28-18-7-3-16(4-8-18)11-17-5-9-19(10-6-17)29-25(37)39-13-21(23(34)35)27-15(2)31/h16-21H,3-13H2,1-2H3,(H,26,30)(H,27,31)(H,28,36)(H,29,37)(H,32,33)(H,34,35)/t16?,17?,18?,19?,20-,21-/m0/s1. The Hall–Kier alpha value is -2.48. The number of carboxylic acid groups (broad SMARTS) is 2. The second-order valence-corrected chi connectivity index (χ2v) is 12.3. The third-order valence-electron chi connectivity index (χ3n) is 7.12. The van der Waals surface area contributed by atoms with Gasteiger partial charge < -0.3 is 31.5 Å². The van der Waals surface area contributed by atoms with Crippen molar-refractivity contribution in [3.05, 3.63) is 0 Å². The zero-order valence-corrected chi connectivity index (χ0v) is 24.0. The van der Waals surface area contributed by atoms with E-state index in [1.165, 1.54) is 13.8 Å². The minimum Gasteiger partial charge on any atom is -0.480 e. The van der Waals surface area contributed by atoms with E-state index in [0.717, 1.165) is 81.3 Å². The summed E-state index contributed by atoms with van der Waals surface area (Å²) in [6.45, 7) is 2.47. The number of hydrogen-bond donors (Lipinski definition) is 6. The van der Waals surface area contributed by atoms with Crippen LogP contribution in [0.3, 0.4) is 0 Å². The third kappa shape index (κ3) is 12.9. The van der Waals surface area contributed by atoms with Crippen molar-refractivity contribution >= 4 is 57.8 Å². The van der Waals surface area contributed by atoms with E-state index in [-0.39, 0.29) is 34.1 Å². The van der Waals surface area contributed by atoms with Crippen molar-refractivity contribution < 1.29 is 39.0 Å². The monoisotopic (exact) mass is 588 g/mol. The lowest BCUT2D eigenvalue weighted by Crippen LogP contribution is -2.43. The average Bonchev–Trinajstić information content (AvgIpc) is 2.86. The van der Waals surface area contributed by atoms with Crippen LogP contribution in [0.15, 0.2) is 0 Å². The molecule has 0 aromatic rings. The van der Waals surface area contributed by atoms with Crippen LogP contribution in [0.4, 0.5) is 9.59 Å². The zero-order valence-electron chi connectivity index (χ0n) is 22.4. The van der Waals surface area contributed by atoms with Gasteiger partial charge >= 0.3 is 11.9 Å². The summed E-state index contributed by atoms with van der Waals surface area (Å²) in [5.74, 6) is -2.13. The Morgan fingerprint density at radius 2 is 0.974 bits per heavy atom. The Labute approximate surface area is 236 Å². The van der Waals surface area contributed by atoms with E-state index in [1.54, 1.807) is 0 Å². The van der Waals surface area contributed by atoms with Gasteiger partial charge in [-0.1, -0.05) is 23.5 Å². The molecule has 0 aromatic heterocycles. The van der Waals surface area contributed by atoms with Gasteiger partial charge in [0.05, 0.1) is 0 Å². The summed E-state index contributed by atoms with van der Waals surface area (Å²) in [4.78, 5) is 69.1. The van der Waals surface area contributed by atoms with Crippen molar-refractivity contribution in [3.8, 4) is 0 Å². The van der Waals surface area contributed by atoms with Gasteiger partial charge in [0.2, 0.25) is 11.8 Å². The predicted octanol–water partition coefficient (Wildman–Crippen LogP) is 2.56. The van der Waals surface area contributed by atoms with Crippen molar-refractivity contribution in [2.45, 2.75) is 95.8 Å². The molecule has 0 aromatic carbocycles. The molecule has 0 heterocycles. The van der Waals surface area contributed by atoms with Crippen molar-refractivity contribution in [1.29, 1.82) is 0 Å². The van der Waals surface area contributed by atoms with Crippen molar-refractivity contribution in [2.75, 3.05) is 11.5 Å². The highest BCUT2D eigenvalue weighted by atomic mass is 32.2. The minimum absolute atomic E-state index is 0.0299. The smallest absolute Gasteiger partial charge is 0.327 e. The molecule has 2 saturated carbocycles. The molecule has 4 amide bonds. The summed E-state index contributed by atoms with van der Waals surface area (Å²) in [7, 11) is 0. The van der Waals surface area contributed by atoms with Gasteiger partial charge in [0.25, 0.3) is 10.5 Å². The van der Waals surface area contributed by atoms with Gasteiger partial charge in [-0.3, -0.25) is 19.2 Å². The summed E-state index contributed by atoms with van der Waals surface area (Å²) in [5.41, 5.74) is 0. The predicted molar refractivity (Wildman–Crippen MR) is 149 cm³/mol. The van der Waals surface area contributed by atoms with Gasteiger partial charge in [-0.15, -0.1) is 0 Å². The molecule has 0 spiro atoms. The fraction of sp³-hybridized carbons (Fsp3) is 0.760. The molecular weight excluding hydrogens is 548 g/mol. The van der Waals surface area contributed by atoms with E-state index >= 15 is 0 Å². The van der Waals surface area contributed by atoms with Crippen LogP contribution in [0, 0.1) is 11.8 Å². The highest BCUT2D eigenvalue weighted by molar-refractivity contribution is 8.13. The zero-order chi connectivity index (χ0) is 28.9. The van der Waals surface area contributed by atoms with Crippen LogP contribution in [-0.2, 0) is 19.2 Å². The highest BCUT2D eigenvalue weighted by Crippen LogP contribution is 2.35. The first-order valence-corrected chi connectivity index (χ1v) is 15.3. The number of carbonyl (C=O) groups is 6. The van der Waals surface area contributed by atoms with Gasteiger partial charge in [0.15, 0.2) is 0 Å². The molecule has 2 rings (SSSR count). The molecule has 12 nitrogen and oxygen atoms in total. The average molecular weight is 589 g/mol. The number of amides is 4. The first-order chi connectivity index (χ1) is 18.4. The van der Waals surface area contributed by atoms with Gasteiger partial charge in [-0.2, -0.15) is 0 Å². The molecule has 39 heavy (non-hydrogen) atoms. The van der Waals surface area contributed by atoms with E-state index < -0.39 is 35.8 Å². The van der Waals surface area contributed by atoms with Crippen LogP contribution >= 0.6 is 23.5 Å². The fourth-order valence-electron chi connectivity index (χ4n) is 5.13. The molecule has 2 atom stereocenters. The van der Waals surface area contributed by atoms with Crippen molar-refractivity contribution in [1.82, 2.24) is 21.3 Å². The lowest BCUT2D eigenvalue weighted by atomic mass is 9.76. The highest BCUT2D eigenvalue weighted by Gasteiger charge is 2.29. The molecule has 2 aliphatic rings. The number of carboxylic acids is 2. The van der Waals surface area contributed by atoms with Crippen LogP contribution in [0.2, 0.25) is 0 Å². The lowest BCUT2D eigenvalue weighted by molar-refractivity contribution is -0.141. The van der Waals surface area contributed by atoms with Crippen molar-refractivity contribution in [2.24, 2.45) is 11.8 Å². The Kier molecular flexibility index (Phi) is 13.9. The molecule has 0 unspecified atom stereocenters. The van der Waals surface area contributed by atoms with Crippen LogP contribution in [0.1, 0.15) is 71.6 Å². The molecule has 2 fully saturated rings. The number of carbonyl (C=O) groups excluding carboxylic acids is 4. The quantitative estimate of drug-likeness (QED) is 0.197. The summed E-state index contributed by atoms with van der Waals surface area (Å²) in [6, 6.07) is -2.06. The maximum atomic E-state index is 12.2. The molecule has 0 radical (unpaired) electrons. The Bertz CT molecular complexity index is 819. The molecular formula is C25H40N4O8S2. The molecule has 2 aliphatic carbocycles. The molecule has 0 saturated heterocycles. The summed E-state index contributed by atoms with van der Waals surface area (Å²) < 4.78 is 0. The second-order valence-electron chi connectivity index (χ2n) is 10.3. The third-order valence-corrected chi connectivity index (χ3v) is 8.88. The first kappa shape index (κ1) is 32.7. The molecule has 220 valence electrons. The van der Waals surface area contributed by atoms with E-state index in [4.69, 9.17) is 10.2 Å². The Morgan fingerprint density at radius 3 is 1.26 bits per heavy atom. The number of hydrogen-bond acceptors (Lipinski definition) is 8. The number of thioether (sulfide) groups is 2. The number of nitrogens with one attached hydrogen (secondary N) is 4. The molecule has 0 bridgehead atoms.